The van der Waals surface area contributed by atoms with E-state index >= 15 is 0 Å². The molecular weight excluding hydrogens is 402 g/mol. The number of hydrogen-bond donors (Lipinski definition) is 1. The second kappa shape index (κ2) is 8.73. The highest BCUT2D eigenvalue weighted by atomic mass is 32.2. The fraction of sp³-hybridized carbons (Fsp3) is 0.455. The van der Waals surface area contributed by atoms with Gasteiger partial charge in [-0.2, -0.15) is 4.31 Å². The molecule has 1 saturated heterocycles. The van der Waals surface area contributed by atoms with Gasteiger partial charge in [-0.25, -0.2) is 18.2 Å². The van der Waals surface area contributed by atoms with Crippen LogP contribution in [0.4, 0.5) is 10.6 Å². The minimum Gasteiger partial charge on any atom is -0.444 e. The monoisotopic (exact) mass is 431 g/mol. The van der Waals surface area contributed by atoms with Gasteiger partial charge in [0.2, 0.25) is 10.0 Å². The molecule has 2 aromatic rings. The maximum Gasteiger partial charge on any atom is 0.413 e. The molecule has 0 spiro atoms. The van der Waals surface area contributed by atoms with Crippen LogP contribution in [-0.4, -0.2) is 35.9 Å². The molecule has 8 heteroatoms. The molecule has 1 N–H and O–H groups in total. The number of amides is 1. The Labute approximate surface area is 178 Å². The van der Waals surface area contributed by atoms with E-state index in [0.717, 1.165) is 18.4 Å². The van der Waals surface area contributed by atoms with Crippen LogP contribution in [-0.2, 0) is 14.8 Å². The van der Waals surface area contributed by atoms with E-state index in [1.807, 2.05) is 13.0 Å². The van der Waals surface area contributed by atoms with Gasteiger partial charge in [0.1, 0.15) is 11.4 Å². The number of rotatable bonds is 4. The van der Waals surface area contributed by atoms with Crippen LogP contribution in [0.1, 0.15) is 57.2 Å². The van der Waals surface area contributed by atoms with Gasteiger partial charge in [-0.15, -0.1) is 0 Å². The van der Waals surface area contributed by atoms with Crippen molar-refractivity contribution in [3.8, 4) is 0 Å². The van der Waals surface area contributed by atoms with E-state index in [1.54, 1.807) is 57.3 Å². The molecule has 3 rings (SSSR count). The molecule has 0 saturated carbocycles. The molecule has 1 atom stereocenters. The summed E-state index contributed by atoms with van der Waals surface area (Å²) >= 11 is 0. The number of ether oxygens (including phenoxy) is 1. The molecule has 1 amide bonds. The van der Waals surface area contributed by atoms with Crippen LogP contribution in [0, 0.1) is 6.92 Å². The van der Waals surface area contributed by atoms with Crippen LogP contribution in [0.15, 0.2) is 47.5 Å². The Morgan fingerprint density at radius 1 is 1.17 bits per heavy atom. The summed E-state index contributed by atoms with van der Waals surface area (Å²) in [5.74, 6) is 0.322. The summed E-state index contributed by atoms with van der Waals surface area (Å²) in [5, 5.41) is 2.69. The lowest BCUT2D eigenvalue weighted by molar-refractivity contribution is 0.0635. The Balaban J connectivity index is 1.93. The first-order valence-electron chi connectivity index (χ1n) is 10.1. The Bertz CT molecular complexity index is 998. The number of carbonyl (C=O) groups is 1. The van der Waals surface area contributed by atoms with Crippen molar-refractivity contribution in [2.24, 2.45) is 0 Å². The summed E-state index contributed by atoms with van der Waals surface area (Å²) in [7, 11) is -3.69. The molecule has 0 unspecified atom stereocenters. The van der Waals surface area contributed by atoms with Crippen LogP contribution in [0.5, 0.6) is 0 Å². The molecule has 0 aliphatic carbocycles. The molecule has 162 valence electrons. The normalized spacial score (nSPS) is 18.1. The predicted octanol–water partition coefficient (Wildman–Crippen LogP) is 4.65. The molecular formula is C22H29N3O4S. The number of carbonyl (C=O) groups excluding carboxylic acids is 1. The van der Waals surface area contributed by atoms with E-state index in [2.05, 4.69) is 10.3 Å². The first-order valence-corrected chi connectivity index (χ1v) is 11.6. The Morgan fingerprint density at radius 2 is 1.87 bits per heavy atom. The number of nitrogens with zero attached hydrogens (tertiary/aromatic N) is 2. The topological polar surface area (TPSA) is 88.6 Å². The smallest absolute Gasteiger partial charge is 0.413 e. The number of pyridine rings is 1. The Morgan fingerprint density at radius 3 is 2.53 bits per heavy atom. The second-order valence-electron chi connectivity index (χ2n) is 8.51. The number of aryl methyl sites for hydroxylation is 1. The molecule has 1 aliphatic rings. The quantitative estimate of drug-likeness (QED) is 0.761. The van der Waals surface area contributed by atoms with Crippen molar-refractivity contribution in [2.75, 3.05) is 11.9 Å². The highest BCUT2D eigenvalue weighted by Crippen LogP contribution is 2.38. The summed E-state index contributed by atoms with van der Waals surface area (Å²) in [6, 6.07) is 10.0. The van der Waals surface area contributed by atoms with Gasteiger partial charge in [-0.3, -0.25) is 5.32 Å². The number of anilines is 1. The second-order valence-corrected chi connectivity index (χ2v) is 10.4. The zero-order chi connectivity index (χ0) is 21.9. The van der Waals surface area contributed by atoms with Gasteiger partial charge in [0.05, 0.1) is 10.9 Å². The van der Waals surface area contributed by atoms with E-state index in [0.29, 0.717) is 24.3 Å². The first kappa shape index (κ1) is 22.2. The SMILES string of the molecule is Cc1ccc(S(=O)(=O)N2CCCC[C@@H]2c2cccnc2NC(=O)OC(C)(C)C)cc1. The summed E-state index contributed by atoms with van der Waals surface area (Å²) < 4.78 is 33.7. The maximum atomic E-state index is 13.4. The Kier molecular flexibility index (Phi) is 6.47. The van der Waals surface area contributed by atoms with Crippen LogP contribution in [0.2, 0.25) is 0 Å². The van der Waals surface area contributed by atoms with Gasteiger partial charge in [0, 0.05) is 18.3 Å². The van der Waals surface area contributed by atoms with Gasteiger partial charge in [0.15, 0.2) is 0 Å². The van der Waals surface area contributed by atoms with Gasteiger partial charge in [-0.1, -0.05) is 30.2 Å². The fourth-order valence-electron chi connectivity index (χ4n) is 3.54. The number of benzene rings is 1. The zero-order valence-corrected chi connectivity index (χ0v) is 18.7. The van der Waals surface area contributed by atoms with Crippen molar-refractivity contribution in [1.82, 2.24) is 9.29 Å². The van der Waals surface area contributed by atoms with Crippen LogP contribution in [0.25, 0.3) is 0 Å². The molecule has 30 heavy (non-hydrogen) atoms. The summed E-state index contributed by atoms with van der Waals surface area (Å²) in [6.07, 6.45) is 3.28. The van der Waals surface area contributed by atoms with Gasteiger partial charge in [-0.05, 0) is 58.7 Å². The molecule has 1 aromatic carbocycles. The number of hydrogen-bond acceptors (Lipinski definition) is 5. The van der Waals surface area contributed by atoms with E-state index in [4.69, 9.17) is 4.74 Å². The minimum absolute atomic E-state index is 0.269. The summed E-state index contributed by atoms with van der Waals surface area (Å²) in [4.78, 5) is 16.9. The lowest BCUT2D eigenvalue weighted by atomic mass is 9.98. The van der Waals surface area contributed by atoms with Crippen molar-refractivity contribution in [1.29, 1.82) is 0 Å². The van der Waals surface area contributed by atoms with Crippen LogP contribution < -0.4 is 5.32 Å². The minimum atomic E-state index is -3.69. The zero-order valence-electron chi connectivity index (χ0n) is 17.9. The van der Waals surface area contributed by atoms with Crippen molar-refractivity contribution >= 4 is 21.9 Å². The lowest BCUT2D eigenvalue weighted by Gasteiger charge is -2.35. The Hall–Kier alpha value is -2.45. The van der Waals surface area contributed by atoms with Crippen LogP contribution in [0.3, 0.4) is 0 Å². The van der Waals surface area contributed by atoms with Crippen molar-refractivity contribution < 1.29 is 17.9 Å². The van der Waals surface area contributed by atoms with Gasteiger partial charge < -0.3 is 4.74 Å². The number of piperidine rings is 1. The molecule has 1 aliphatic heterocycles. The molecule has 0 radical (unpaired) electrons. The highest BCUT2D eigenvalue weighted by molar-refractivity contribution is 7.89. The highest BCUT2D eigenvalue weighted by Gasteiger charge is 2.36. The van der Waals surface area contributed by atoms with Crippen molar-refractivity contribution in [2.45, 2.75) is 63.5 Å². The van der Waals surface area contributed by atoms with Crippen LogP contribution >= 0.6 is 0 Å². The maximum absolute atomic E-state index is 13.4. The first-order chi connectivity index (χ1) is 14.1. The number of aromatic nitrogens is 1. The number of nitrogens with one attached hydrogen (secondary N) is 1. The summed E-state index contributed by atoms with van der Waals surface area (Å²) in [5.41, 5.74) is 1.02. The fourth-order valence-corrected chi connectivity index (χ4v) is 5.21. The molecule has 7 nitrogen and oxygen atoms in total. The largest absolute Gasteiger partial charge is 0.444 e. The average Bonchev–Trinajstić information content (AvgIpc) is 2.67. The van der Waals surface area contributed by atoms with Gasteiger partial charge >= 0.3 is 6.09 Å². The average molecular weight is 432 g/mol. The summed E-state index contributed by atoms with van der Waals surface area (Å²) in [6.45, 7) is 7.68. The predicted molar refractivity (Wildman–Crippen MR) is 116 cm³/mol. The molecule has 1 aromatic heterocycles. The van der Waals surface area contributed by atoms with E-state index in [9.17, 15) is 13.2 Å². The third-order valence-corrected chi connectivity index (χ3v) is 6.82. The van der Waals surface area contributed by atoms with Gasteiger partial charge in [0.25, 0.3) is 0 Å². The third-order valence-electron chi connectivity index (χ3n) is 4.90. The molecule has 1 fully saturated rings. The van der Waals surface area contributed by atoms with Crippen molar-refractivity contribution in [3.63, 3.8) is 0 Å². The lowest BCUT2D eigenvalue weighted by Crippen LogP contribution is -2.39. The van der Waals surface area contributed by atoms with E-state index < -0.39 is 27.8 Å². The standard InChI is InChI=1S/C22H29N3O4S/c1-16-10-12-17(13-11-16)30(27,28)25-15-6-5-9-19(25)18-8-7-14-23-20(18)24-21(26)29-22(2,3)4/h7-8,10-14,19H,5-6,9,15H2,1-4H3,(H,23,24,26)/t19-/m1/s1. The van der Waals surface area contributed by atoms with E-state index in [-0.39, 0.29) is 4.90 Å². The molecule has 2 heterocycles. The third kappa shape index (κ3) is 5.17. The molecule has 0 bridgehead atoms. The van der Waals surface area contributed by atoms with Crippen molar-refractivity contribution in [3.05, 3.63) is 53.7 Å². The number of sulfonamides is 1. The van der Waals surface area contributed by atoms with E-state index in [1.165, 1.54) is 4.31 Å².